The first-order valence-corrected chi connectivity index (χ1v) is 15.2. The Bertz CT molecular complexity index is 500. The van der Waals surface area contributed by atoms with E-state index in [0.29, 0.717) is 19.3 Å². The van der Waals surface area contributed by atoms with Gasteiger partial charge in [0, 0.05) is 12.8 Å². The lowest BCUT2D eigenvalue weighted by molar-refractivity contribution is -0.135. The molecule has 1 unspecified atom stereocenters. The van der Waals surface area contributed by atoms with Crippen LogP contribution in [0, 0.1) is 11.8 Å². The van der Waals surface area contributed by atoms with Gasteiger partial charge in [0.15, 0.2) is 8.32 Å². The summed E-state index contributed by atoms with van der Waals surface area (Å²) in [6.45, 7) is 23.9. The normalized spacial score (nSPS) is 14.5. The Morgan fingerprint density at radius 1 is 0.920 bits per heavy atom. The van der Waals surface area contributed by atoms with Gasteiger partial charge in [0.2, 0.25) is 0 Å². The lowest BCUT2D eigenvalue weighted by Crippen LogP contribution is -2.43. The molecule has 0 saturated carbocycles. The van der Waals surface area contributed by atoms with Crippen LogP contribution in [0.3, 0.4) is 0 Å². The van der Waals surface area contributed by atoms with E-state index in [-0.39, 0.29) is 22.1 Å². The Kier molecular flexibility index (Phi) is 8.67. The van der Waals surface area contributed by atoms with Crippen molar-refractivity contribution in [2.24, 2.45) is 0 Å². The number of hydrogen-bond donors (Lipinski definition) is 0. The SMILES string of the molecule is CC(CC#CCCC(=O)O[Si](C)(C)C(C)(C)C)O[Si](C)(C)C(C)(C)C. The number of rotatable bonds is 6. The van der Waals surface area contributed by atoms with E-state index in [4.69, 9.17) is 8.85 Å². The first kappa shape index (κ1) is 24.4. The number of carbonyl (C=O) groups excluding carboxylic acids is 1. The Morgan fingerprint density at radius 3 is 1.84 bits per heavy atom. The summed E-state index contributed by atoms with van der Waals surface area (Å²) in [6, 6.07) is 0. The fourth-order valence-electron chi connectivity index (χ4n) is 1.68. The molecule has 146 valence electrons. The fraction of sp³-hybridized carbons (Fsp3) is 0.850. The highest BCUT2D eigenvalue weighted by atomic mass is 28.4. The average molecular weight is 385 g/mol. The lowest BCUT2D eigenvalue weighted by atomic mass is 10.2. The molecule has 0 aliphatic carbocycles. The Labute approximate surface area is 158 Å². The molecular formula is C20H40O3Si2. The molecule has 1 atom stereocenters. The van der Waals surface area contributed by atoms with E-state index in [2.05, 4.69) is 86.5 Å². The molecule has 0 saturated heterocycles. The van der Waals surface area contributed by atoms with Gasteiger partial charge in [-0.1, -0.05) is 41.5 Å². The zero-order valence-electron chi connectivity index (χ0n) is 18.4. The fourth-order valence-corrected chi connectivity index (χ4v) is 4.10. The molecule has 0 spiro atoms. The van der Waals surface area contributed by atoms with Crippen molar-refractivity contribution in [2.75, 3.05) is 0 Å². The molecule has 0 amide bonds. The van der Waals surface area contributed by atoms with Gasteiger partial charge in [-0.2, -0.15) is 0 Å². The molecule has 0 heterocycles. The second-order valence-electron chi connectivity index (χ2n) is 9.98. The molecule has 0 aromatic heterocycles. The van der Waals surface area contributed by atoms with Crippen molar-refractivity contribution in [3.8, 4) is 11.8 Å². The van der Waals surface area contributed by atoms with Gasteiger partial charge in [-0.3, -0.25) is 4.79 Å². The van der Waals surface area contributed by atoms with E-state index in [1.54, 1.807) is 0 Å². The van der Waals surface area contributed by atoms with E-state index >= 15 is 0 Å². The minimum Gasteiger partial charge on any atom is -0.519 e. The first-order valence-electron chi connectivity index (χ1n) is 9.35. The van der Waals surface area contributed by atoms with E-state index < -0.39 is 16.6 Å². The smallest absolute Gasteiger partial charge is 0.293 e. The zero-order valence-corrected chi connectivity index (χ0v) is 20.4. The van der Waals surface area contributed by atoms with Crippen LogP contribution in [0.15, 0.2) is 0 Å². The van der Waals surface area contributed by atoms with Crippen molar-refractivity contribution < 1.29 is 13.6 Å². The highest BCUT2D eigenvalue weighted by Crippen LogP contribution is 2.38. The molecule has 25 heavy (non-hydrogen) atoms. The quantitative estimate of drug-likeness (QED) is 0.409. The summed E-state index contributed by atoms with van der Waals surface area (Å²) in [5.74, 6) is 6.14. The van der Waals surface area contributed by atoms with Crippen molar-refractivity contribution in [1.29, 1.82) is 0 Å². The highest BCUT2D eigenvalue weighted by Gasteiger charge is 2.40. The van der Waals surface area contributed by atoms with Crippen molar-refractivity contribution >= 4 is 22.6 Å². The van der Waals surface area contributed by atoms with Crippen molar-refractivity contribution in [2.45, 2.75) is 110 Å². The van der Waals surface area contributed by atoms with E-state index in [9.17, 15) is 4.79 Å². The summed E-state index contributed by atoms with van der Waals surface area (Å²) in [4.78, 5) is 12.0. The van der Waals surface area contributed by atoms with Gasteiger partial charge in [-0.25, -0.2) is 0 Å². The van der Waals surface area contributed by atoms with Crippen molar-refractivity contribution in [3.63, 3.8) is 0 Å². The average Bonchev–Trinajstić information content (AvgIpc) is 2.34. The first-order chi connectivity index (χ1) is 11.0. The van der Waals surface area contributed by atoms with Crippen LogP contribution in [0.4, 0.5) is 0 Å². The number of carbonyl (C=O) groups is 1. The summed E-state index contributed by atoms with van der Waals surface area (Å²) in [7, 11) is -3.75. The standard InChI is InChI=1S/C20H40O3Si2/c1-17(22-24(8,9)19(2,3)4)15-13-12-14-16-18(21)23-25(10,11)20(5,6)7/h17H,14-16H2,1-11H3. The predicted molar refractivity (Wildman–Crippen MR) is 113 cm³/mol. The van der Waals surface area contributed by atoms with Gasteiger partial charge in [0.1, 0.15) is 0 Å². The van der Waals surface area contributed by atoms with Crippen LogP contribution in [-0.2, 0) is 13.6 Å². The molecule has 0 aliphatic rings. The molecule has 0 aromatic rings. The van der Waals surface area contributed by atoms with Gasteiger partial charge in [-0.05, 0) is 43.2 Å². The molecule has 0 bridgehead atoms. The molecule has 0 aliphatic heterocycles. The van der Waals surface area contributed by atoms with Crippen molar-refractivity contribution in [1.82, 2.24) is 0 Å². The van der Waals surface area contributed by atoms with Crippen LogP contribution in [-0.4, -0.2) is 28.7 Å². The second-order valence-corrected chi connectivity index (χ2v) is 19.5. The third kappa shape index (κ3) is 8.57. The molecule has 0 radical (unpaired) electrons. The summed E-state index contributed by atoms with van der Waals surface area (Å²) in [5.41, 5.74) is 0. The van der Waals surface area contributed by atoms with Gasteiger partial charge < -0.3 is 8.85 Å². The van der Waals surface area contributed by atoms with Gasteiger partial charge >= 0.3 is 0 Å². The van der Waals surface area contributed by atoms with Gasteiger partial charge in [0.05, 0.1) is 12.5 Å². The van der Waals surface area contributed by atoms with Crippen LogP contribution in [0.5, 0.6) is 0 Å². The summed E-state index contributed by atoms with van der Waals surface area (Å²) in [6.07, 6.45) is 1.77. The third-order valence-electron chi connectivity index (χ3n) is 5.45. The molecule has 0 aromatic carbocycles. The monoisotopic (exact) mass is 384 g/mol. The van der Waals surface area contributed by atoms with Gasteiger partial charge in [0.25, 0.3) is 14.3 Å². The van der Waals surface area contributed by atoms with Crippen molar-refractivity contribution in [3.05, 3.63) is 0 Å². The summed E-state index contributed by atoms with van der Waals surface area (Å²) < 4.78 is 12.0. The molecule has 0 N–H and O–H groups in total. The maximum Gasteiger partial charge on any atom is 0.293 e. The molecule has 3 nitrogen and oxygen atoms in total. The summed E-state index contributed by atoms with van der Waals surface area (Å²) >= 11 is 0. The maximum absolute atomic E-state index is 12.0. The van der Waals surface area contributed by atoms with Crippen LogP contribution in [0.1, 0.15) is 67.7 Å². The molecule has 0 fully saturated rings. The predicted octanol–water partition coefficient (Wildman–Crippen LogP) is 6.12. The van der Waals surface area contributed by atoms with E-state index in [0.717, 1.165) is 0 Å². The largest absolute Gasteiger partial charge is 0.519 e. The second kappa shape index (κ2) is 8.88. The highest BCUT2D eigenvalue weighted by molar-refractivity contribution is 6.75. The zero-order chi connectivity index (χ0) is 20.1. The number of hydrogen-bond acceptors (Lipinski definition) is 3. The van der Waals surface area contributed by atoms with Gasteiger partial charge in [-0.15, -0.1) is 11.8 Å². The minimum absolute atomic E-state index is 0.0465. The van der Waals surface area contributed by atoms with E-state index in [1.165, 1.54) is 0 Å². The van der Waals surface area contributed by atoms with Crippen LogP contribution < -0.4 is 0 Å². The molecule has 0 rings (SSSR count). The topological polar surface area (TPSA) is 35.5 Å². The van der Waals surface area contributed by atoms with Crippen LogP contribution >= 0.6 is 0 Å². The van der Waals surface area contributed by atoms with Crippen LogP contribution in [0.2, 0.25) is 36.3 Å². The third-order valence-corrected chi connectivity index (χ3v) is 14.4. The Hall–Kier alpha value is -0.576. The Morgan fingerprint density at radius 2 is 1.40 bits per heavy atom. The molecular weight excluding hydrogens is 344 g/mol. The molecule has 5 heteroatoms. The lowest BCUT2D eigenvalue weighted by Gasteiger charge is -2.38. The Balaban J connectivity index is 4.32. The minimum atomic E-state index is -2.01. The van der Waals surface area contributed by atoms with E-state index in [1.807, 2.05) is 0 Å². The maximum atomic E-state index is 12.0. The van der Waals surface area contributed by atoms with Crippen LogP contribution in [0.25, 0.3) is 0 Å². The summed E-state index contributed by atoms with van der Waals surface area (Å²) in [5, 5.41) is 0.257.